The lowest BCUT2D eigenvalue weighted by molar-refractivity contribution is -0.146. The van der Waals surface area contributed by atoms with Crippen molar-refractivity contribution < 1.29 is 14.7 Å². The lowest BCUT2D eigenvalue weighted by atomic mass is 10.0. The molecule has 18 heavy (non-hydrogen) atoms. The van der Waals surface area contributed by atoms with E-state index in [0.29, 0.717) is 19.0 Å². The van der Waals surface area contributed by atoms with Gasteiger partial charge in [0, 0.05) is 33.2 Å². The summed E-state index contributed by atoms with van der Waals surface area (Å²) in [6.45, 7) is 3.59. The Morgan fingerprint density at radius 2 is 2.00 bits per heavy atom. The Bertz CT molecular complexity index is 341. The SMILES string of the molecule is CN1CCC(CN(C)C(=O)N2CC(C(=O)O)C2)C1. The summed E-state index contributed by atoms with van der Waals surface area (Å²) in [4.78, 5) is 28.3. The highest BCUT2D eigenvalue weighted by Gasteiger charge is 2.37. The zero-order chi connectivity index (χ0) is 13.3. The molecule has 0 saturated carbocycles. The van der Waals surface area contributed by atoms with Gasteiger partial charge in [0.05, 0.1) is 5.92 Å². The van der Waals surface area contributed by atoms with Crippen LogP contribution in [0.5, 0.6) is 0 Å². The second-order valence-electron chi connectivity index (χ2n) is 5.52. The fourth-order valence-electron chi connectivity index (χ4n) is 2.67. The molecule has 2 saturated heterocycles. The maximum Gasteiger partial charge on any atom is 0.319 e. The number of likely N-dealkylation sites (tertiary alicyclic amines) is 2. The van der Waals surface area contributed by atoms with Crippen LogP contribution >= 0.6 is 0 Å². The van der Waals surface area contributed by atoms with Crippen LogP contribution < -0.4 is 0 Å². The Hall–Kier alpha value is -1.30. The zero-order valence-electron chi connectivity index (χ0n) is 11.0. The average molecular weight is 255 g/mol. The number of aliphatic carboxylic acids is 1. The summed E-state index contributed by atoms with van der Waals surface area (Å²) in [5.74, 6) is -0.639. The predicted molar refractivity (Wildman–Crippen MR) is 66.3 cm³/mol. The molecule has 6 nitrogen and oxygen atoms in total. The van der Waals surface area contributed by atoms with E-state index in [1.54, 1.807) is 16.8 Å². The number of carboxylic acids is 1. The van der Waals surface area contributed by atoms with E-state index in [9.17, 15) is 9.59 Å². The van der Waals surface area contributed by atoms with Gasteiger partial charge in [-0.2, -0.15) is 0 Å². The first-order chi connectivity index (χ1) is 8.47. The Balaban J connectivity index is 1.74. The summed E-state index contributed by atoms with van der Waals surface area (Å²) >= 11 is 0. The van der Waals surface area contributed by atoms with Crippen LogP contribution in [0.25, 0.3) is 0 Å². The van der Waals surface area contributed by atoms with Gasteiger partial charge in [-0.1, -0.05) is 0 Å². The summed E-state index contributed by atoms with van der Waals surface area (Å²) in [5.41, 5.74) is 0. The van der Waals surface area contributed by atoms with E-state index in [4.69, 9.17) is 5.11 Å². The van der Waals surface area contributed by atoms with Crippen LogP contribution in [0.1, 0.15) is 6.42 Å². The van der Waals surface area contributed by atoms with Crippen LogP contribution in [0.4, 0.5) is 4.79 Å². The molecule has 1 unspecified atom stereocenters. The van der Waals surface area contributed by atoms with Crippen LogP contribution in [0.15, 0.2) is 0 Å². The maximum absolute atomic E-state index is 12.0. The number of hydrogen-bond acceptors (Lipinski definition) is 3. The van der Waals surface area contributed by atoms with E-state index < -0.39 is 5.97 Å². The summed E-state index contributed by atoms with van der Waals surface area (Å²) in [5, 5.41) is 8.77. The molecule has 2 amide bonds. The maximum atomic E-state index is 12.0. The topological polar surface area (TPSA) is 64.1 Å². The molecule has 2 fully saturated rings. The number of carboxylic acid groups (broad SMARTS) is 1. The monoisotopic (exact) mass is 255 g/mol. The highest BCUT2D eigenvalue weighted by molar-refractivity contribution is 5.79. The van der Waals surface area contributed by atoms with E-state index in [2.05, 4.69) is 11.9 Å². The summed E-state index contributed by atoms with van der Waals surface area (Å²) in [7, 11) is 3.89. The number of rotatable bonds is 3. The van der Waals surface area contributed by atoms with Gasteiger partial charge in [-0.3, -0.25) is 4.79 Å². The number of hydrogen-bond donors (Lipinski definition) is 1. The van der Waals surface area contributed by atoms with Crippen molar-refractivity contribution in [2.75, 3.05) is 46.8 Å². The Labute approximate surface area is 107 Å². The minimum Gasteiger partial charge on any atom is -0.481 e. The van der Waals surface area contributed by atoms with E-state index >= 15 is 0 Å². The number of carbonyl (C=O) groups excluding carboxylic acids is 1. The normalized spacial score (nSPS) is 25.0. The van der Waals surface area contributed by atoms with Crippen LogP contribution in [0.2, 0.25) is 0 Å². The molecule has 0 spiro atoms. The molecular weight excluding hydrogens is 234 g/mol. The molecular formula is C12H21N3O3. The van der Waals surface area contributed by atoms with Crippen molar-refractivity contribution in [1.29, 1.82) is 0 Å². The second kappa shape index (κ2) is 5.14. The third-order valence-electron chi connectivity index (χ3n) is 3.85. The molecule has 0 aliphatic carbocycles. The third kappa shape index (κ3) is 2.75. The van der Waals surface area contributed by atoms with E-state index in [1.807, 2.05) is 0 Å². The molecule has 2 rings (SSSR count). The van der Waals surface area contributed by atoms with Crippen molar-refractivity contribution in [1.82, 2.24) is 14.7 Å². The quantitative estimate of drug-likeness (QED) is 0.771. The molecule has 0 radical (unpaired) electrons. The Morgan fingerprint density at radius 3 is 2.50 bits per heavy atom. The van der Waals surface area contributed by atoms with Crippen LogP contribution in [-0.4, -0.2) is 78.6 Å². The highest BCUT2D eigenvalue weighted by Crippen LogP contribution is 2.19. The van der Waals surface area contributed by atoms with Crippen molar-refractivity contribution >= 4 is 12.0 Å². The first-order valence-electron chi connectivity index (χ1n) is 6.38. The molecule has 0 bridgehead atoms. The minimum absolute atomic E-state index is 0.0398. The molecule has 2 heterocycles. The van der Waals surface area contributed by atoms with Crippen LogP contribution in [0, 0.1) is 11.8 Å². The van der Waals surface area contributed by atoms with Gasteiger partial charge >= 0.3 is 12.0 Å². The largest absolute Gasteiger partial charge is 0.481 e. The third-order valence-corrected chi connectivity index (χ3v) is 3.85. The Kier molecular flexibility index (Phi) is 3.75. The number of nitrogens with zero attached hydrogens (tertiary/aromatic N) is 3. The van der Waals surface area contributed by atoms with Gasteiger partial charge in [0.1, 0.15) is 0 Å². The fourth-order valence-corrected chi connectivity index (χ4v) is 2.67. The zero-order valence-corrected chi connectivity index (χ0v) is 11.0. The molecule has 2 aliphatic rings. The molecule has 6 heteroatoms. The molecule has 0 aromatic carbocycles. The highest BCUT2D eigenvalue weighted by atomic mass is 16.4. The van der Waals surface area contributed by atoms with Crippen molar-refractivity contribution in [2.24, 2.45) is 11.8 Å². The average Bonchev–Trinajstić information content (AvgIpc) is 2.60. The number of urea groups is 1. The molecule has 0 aromatic rings. The van der Waals surface area contributed by atoms with Gasteiger partial charge in [0.15, 0.2) is 0 Å². The van der Waals surface area contributed by atoms with Crippen molar-refractivity contribution in [3.8, 4) is 0 Å². The van der Waals surface area contributed by atoms with Crippen molar-refractivity contribution in [3.63, 3.8) is 0 Å². The second-order valence-corrected chi connectivity index (χ2v) is 5.52. The fraction of sp³-hybridized carbons (Fsp3) is 0.833. The van der Waals surface area contributed by atoms with E-state index in [1.165, 1.54) is 0 Å². The van der Waals surface area contributed by atoms with Gasteiger partial charge in [-0.05, 0) is 25.9 Å². The first-order valence-corrected chi connectivity index (χ1v) is 6.38. The predicted octanol–water partition coefficient (Wildman–Crippen LogP) is 0.00630. The van der Waals surface area contributed by atoms with Gasteiger partial charge in [0.2, 0.25) is 0 Å². The van der Waals surface area contributed by atoms with Gasteiger partial charge < -0.3 is 19.8 Å². The molecule has 102 valence electrons. The van der Waals surface area contributed by atoms with Crippen LogP contribution in [0.3, 0.4) is 0 Å². The first kappa shape index (κ1) is 13.1. The molecule has 0 aromatic heterocycles. The summed E-state index contributed by atoms with van der Waals surface area (Å²) in [6.07, 6.45) is 1.13. The van der Waals surface area contributed by atoms with Gasteiger partial charge in [-0.15, -0.1) is 0 Å². The minimum atomic E-state index is -0.806. The lowest BCUT2D eigenvalue weighted by Gasteiger charge is -2.39. The van der Waals surface area contributed by atoms with Crippen LogP contribution in [-0.2, 0) is 4.79 Å². The summed E-state index contributed by atoms with van der Waals surface area (Å²) < 4.78 is 0. The van der Waals surface area contributed by atoms with Crippen molar-refractivity contribution in [3.05, 3.63) is 0 Å². The molecule has 1 N–H and O–H groups in total. The summed E-state index contributed by atoms with van der Waals surface area (Å²) in [6, 6.07) is -0.0398. The van der Waals surface area contributed by atoms with E-state index in [0.717, 1.165) is 26.1 Å². The number of amides is 2. The Morgan fingerprint density at radius 1 is 1.33 bits per heavy atom. The smallest absolute Gasteiger partial charge is 0.319 e. The standard InChI is InChI=1S/C12H21N3O3/c1-13-4-3-9(5-13)6-14(2)12(18)15-7-10(8-15)11(16)17/h9-10H,3-8H2,1-2H3,(H,16,17). The number of carbonyl (C=O) groups is 2. The molecule has 1 atom stereocenters. The van der Waals surface area contributed by atoms with Gasteiger partial charge in [-0.25, -0.2) is 4.79 Å². The van der Waals surface area contributed by atoms with Crippen molar-refractivity contribution in [2.45, 2.75) is 6.42 Å². The van der Waals surface area contributed by atoms with Gasteiger partial charge in [0.25, 0.3) is 0 Å². The van der Waals surface area contributed by atoms with E-state index in [-0.39, 0.29) is 11.9 Å². The lowest BCUT2D eigenvalue weighted by Crippen LogP contribution is -2.56. The molecule has 2 aliphatic heterocycles.